The summed E-state index contributed by atoms with van der Waals surface area (Å²) in [5.41, 5.74) is 1.38. The summed E-state index contributed by atoms with van der Waals surface area (Å²) in [6.07, 6.45) is 1.63. The average molecular weight is 491 g/mol. The molecule has 1 atom stereocenters. The number of carbonyl (C=O) groups excluding carboxylic acids is 1. The molecule has 2 N–H and O–H groups in total. The molecule has 7 nitrogen and oxygen atoms in total. The Morgan fingerprint density at radius 3 is 2.69 bits per heavy atom. The Kier molecular flexibility index (Phi) is 6.84. The fraction of sp³-hybridized carbons (Fsp3) is 0.158. The Balaban J connectivity index is 1.90. The van der Waals surface area contributed by atoms with Gasteiger partial charge in [0, 0.05) is 16.5 Å². The molecule has 0 saturated heterocycles. The number of nitrogens with one attached hydrogen (secondary N) is 1. The lowest BCUT2D eigenvalue weighted by atomic mass is 10.0. The van der Waals surface area contributed by atoms with Crippen molar-refractivity contribution in [2.75, 3.05) is 11.5 Å². The minimum atomic E-state index is -1.13. The minimum Gasteiger partial charge on any atom is -0.480 e. The molecule has 0 aliphatic carbocycles. The van der Waals surface area contributed by atoms with Crippen molar-refractivity contribution in [3.8, 4) is 11.8 Å². The molecule has 1 heterocycles. The number of halogens is 1. The van der Waals surface area contributed by atoms with Gasteiger partial charge in [-0.15, -0.1) is 0 Å². The first-order chi connectivity index (χ1) is 14.0. The van der Waals surface area contributed by atoms with Crippen LogP contribution in [0.1, 0.15) is 5.56 Å². The predicted molar refractivity (Wildman–Crippen MR) is 118 cm³/mol. The molecular formula is C19H15BrN4O3S2. The molecule has 29 heavy (non-hydrogen) atoms. The molecule has 10 heteroatoms. The van der Waals surface area contributed by atoms with Crippen LogP contribution in [0.4, 0.5) is 0 Å². The topological polar surface area (TPSA) is 108 Å². The number of hydrogen-bond donors (Lipinski definition) is 3. The number of aromatic nitrogens is 2. The van der Waals surface area contributed by atoms with E-state index in [1.807, 2.05) is 34.9 Å². The van der Waals surface area contributed by atoms with E-state index in [9.17, 15) is 14.9 Å². The Morgan fingerprint density at radius 1 is 1.31 bits per heavy atom. The van der Waals surface area contributed by atoms with Gasteiger partial charge in [-0.1, -0.05) is 36.0 Å². The van der Waals surface area contributed by atoms with Crippen LogP contribution in [0.25, 0.3) is 16.5 Å². The smallest absolute Gasteiger partial charge is 0.327 e. The number of hydrogen-bond acceptors (Lipinski definition) is 6. The zero-order valence-corrected chi connectivity index (χ0v) is 18.2. The van der Waals surface area contributed by atoms with Gasteiger partial charge < -0.3 is 10.4 Å². The highest BCUT2D eigenvalue weighted by atomic mass is 79.9. The molecule has 0 fully saturated rings. The Morgan fingerprint density at radius 2 is 2.03 bits per heavy atom. The van der Waals surface area contributed by atoms with E-state index in [0.717, 1.165) is 16.5 Å². The highest BCUT2D eigenvalue weighted by Gasteiger charge is 2.20. The molecule has 0 radical (unpaired) electrons. The van der Waals surface area contributed by atoms with Crippen LogP contribution in [0, 0.1) is 11.3 Å². The first-order valence-electron chi connectivity index (χ1n) is 8.37. The summed E-state index contributed by atoms with van der Waals surface area (Å²) in [6, 6.07) is 12.3. The number of amides is 1. The number of carbonyl (C=O) groups is 2. The Bertz CT molecular complexity index is 1130. The second kappa shape index (κ2) is 9.35. The summed E-state index contributed by atoms with van der Waals surface area (Å²) in [5.74, 6) is -1.56. The van der Waals surface area contributed by atoms with Crippen molar-refractivity contribution >= 4 is 63.0 Å². The number of thiol groups is 1. The SMILES string of the molecule is N#Cc1ccc(-n2c(Br)cnc2SCC(=O)NC(CS)C(=O)O)c2ccccc12. The van der Waals surface area contributed by atoms with Crippen molar-refractivity contribution in [2.24, 2.45) is 0 Å². The summed E-state index contributed by atoms with van der Waals surface area (Å²) in [7, 11) is 0. The molecule has 0 spiro atoms. The van der Waals surface area contributed by atoms with Crippen molar-refractivity contribution in [3.05, 3.63) is 52.8 Å². The fourth-order valence-electron chi connectivity index (χ4n) is 2.76. The molecule has 0 aliphatic rings. The van der Waals surface area contributed by atoms with Gasteiger partial charge in [-0.3, -0.25) is 9.36 Å². The molecule has 0 bridgehead atoms. The number of aliphatic carboxylic acids is 1. The van der Waals surface area contributed by atoms with Gasteiger partial charge in [0.15, 0.2) is 5.16 Å². The average Bonchev–Trinajstić information content (AvgIpc) is 3.09. The second-order valence-electron chi connectivity index (χ2n) is 5.92. The van der Waals surface area contributed by atoms with Crippen LogP contribution < -0.4 is 5.32 Å². The molecule has 1 unspecified atom stereocenters. The zero-order chi connectivity index (χ0) is 21.0. The monoisotopic (exact) mass is 490 g/mol. The van der Waals surface area contributed by atoms with Crippen LogP contribution in [-0.4, -0.2) is 44.1 Å². The van der Waals surface area contributed by atoms with Gasteiger partial charge in [-0.2, -0.15) is 17.9 Å². The van der Waals surface area contributed by atoms with Gasteiger partial charge in [-0.05, 0) is 28.1 Å². The molecular weight excluding hydrogens is 476 g/mol. The van der Waals surface area contributed by atoms with Crippen LogP contribution in [0.5, 0.6) is 0 Å². The third-order valence-electron chi connectivity index (χ3n) is 4.10. The number of benzene rings is 2. The molecule has 148 valence electrons. The maximum absolute atomic E-state index is 12.1. The number of imidazole rings is 1. The standard InChI is InChI=1S/C19H15BrN4O3S2/c20-16-8-22-19(29-10-17(25)23-14(9-28)18(26)27)24(16)15-6-5-11(7-21)12-3-1-2-4-13(12)15/h1-6,8,14,28H,9-10H2,(H,23,25)(H,26,27). The van der Waals surface area contributed by atoms with E-state index in [-0.39, 0.29) is 11.5 Å². The van der Waals surface area contributed by atoms with Crippen LogP contribution in [-0.2, 0) is 9.59 Å². The minimum absolute atomic E-state index is 0.00312. The number of thioether (sulfide) groups is 1. The van der Waals surface area contributed by atoms with Crippen LogP contribution in [0.3, 0.4) is 0 Å². The number of fused-ring (bicyclic) bond motifs is 1. The third-order valence-corrected chi connectivity index (χ3v) is 5.97. The maximum atomic E-state index is 12.1. The molecule has 0 aliphatic heterocycles. The first kappa shape index (κ1) is 21.2. The molecule has 1 aromatic heterocycles. The molecule has 1 amide bonds. The van der Waals surface area contributed by atoms with Crippen LogP contribution >= 0.6 is 40.3 Å². The van der Waals surface area contributed by atoms with Gasteiger partial charge in [-0.25, -0.2) is 9.78 Å². The molecule has 2 aromatic carbocycles. The molecule has 0 saturated carbocycles. The highest BCUT2D eigenvalue weighted by molar-refractivity contribution is 9.10. The highest BCUT2D eigenvalue weighted by Crippen LogP contribution is 2.32. The van der Waals surface area contributed by atoms with Crippen LogP contribution in [0.15, 0.2) is 52.4 Å². The normalized spacial score (nSPS) is 11.8. The Hall–Kier alpha value is -2.48. The van der Waals surface area contributed by atoms with E-state index in [1.54, 1.807) is 12.3 Å². The van der Waals surface area contributed by atoms with Crippen LogP contribution in [0.2, 0.25) is 0 Å². The second-order valence-corrected chi connectivity index (χ2v) is 8.04. The van der Waals surface area contributed by atoms with E-state index in [2.05, 4.69) is 44.9 Å². The van der Waals surface area contributed by atoms with E-state index in [4.69, 9.17) is 5.11 Å². The first-order valence-corrected chi connectivity index (χ1v) is 10.8. The van der Waals surface area contributed by atoms with Gasteiger partial charge in [0.2, 0.25) is 5.91 Å². The van der Waals surface area contributed by atoms with Crippen molar-refractivity contribution in [2.45, 2.75) is 11.2 Å². The lowest BCUT2D eigenvalue weighted by Crippen LogP contribution is -2.42. The van der Waals surface area contributed by atoms with Crippen molar-refractivity contribution in [3.63, 3.8) is 0 Å². The number of rotatable bonds is 7. The number of nitrogens with zero attached hydrogens (tertiary/aromatic N) is 3. The summed E-state index contributed by atoms with van der Waals surface area (Å²) < 4.78 is 2.53. The number of carboxylic acids is 1. The number of carboxylic acid groups (broad SMARTS) is 1. The lowest BCUT2D eigenvalue weighted by Gasteiger charge is -2.14. The van der Waals surface area contributed by atoms with E-state index >= 15 is 0 Å². The van der Waals surface area contributed by atoms with E-state index < -0.39 is 17.9 Å². The summed E-state index contributed by atoms with van der Waals surface area (Å²) >= 11 is 8.60. The van der Waals surface area contributed by atoms with Crippen molar-refractivity contribution in [1.29, 1.82) is 5.26 Å². The quantitative estimate of drug-likeness (QED) is 0.346. The van der Waals surface area contributed by atoms with Crippen molar-refractivity contribution in [1.82, 2.24) is 14.9 Å². The molecule has 3 rings (SSSR count). The maximum Gasteiger partial charge on any atom is 0.327 e. The molecule has 3 aromatic rings. The summed E-state index contributed by atoms with van der Waals surface area (Å²) in [5, 5.41) is 23.1. The largest absolute Gasteiger partial charge is 0.480 e. The third kappa shape index (κ3) is 4.58. The Labute approximate surface area is 184 Å². The van der Waals surface area contributed by atoms with Gasteiger partial charge >= 0.3 is 5.97 Å². The van der Waals surface area contributed by atoms with E-state index in [0.29, 0.717) is 15.3 Å². The zero-order valence-electron chi connectivity index (χ0n) is 14.9. The van der Waals surface area contributed by atoms with Gasteiger partial charge in [0.25, 0.3) is 0 Å². The summed E-state index contributed by atoms with van der Waals surface area (Å²) in [6.45, 7) is 0. The summed E-state index contributed by atoms with van der Waals surface area (Å²) in [4.78, 5) is 27.5. The number of nitriles is 1. The predicted octanol–water partition coefficient (Wildman–Crippen LogP) is 3.25. The van der Waals surface area contributed by atoms with Gasteiger partial charge in [0.05, 0.1) is 29.3 Å². The lowest BCUT2D eigenvalue weighted by molar-refractivity contribution is -0.140. The van der Waals surface area contributed by atoms with Crippen molar-refractivity contribution < 1.29 is 14.7 Å². The van der Waals surface area contributed by atoms with E-state index in [1.165, 1.54) is 11.8 Å². The fourth-order valence-corrected chi connectivity index (χ4v) is 4.39. The van der Waals surface area contributed by atoms with Gasteiger partial charge in [0.1, 0.15) is 10.6 Å².